The average molecular weight is 1620 g/mol. The number of carboxylic acids is 1. The number of aliphatic carboxylic acids is 1. The predicted molar refractivity (Wildman–Crippen MR) is 406 cm³/mol. The molecule has 117 heavy (non-hydrogen) atoms. The molecule has 0 amide bonds. The normalized spacial score (nSPS) is 16.0. The first-order chi connectivity index (χ1) is 56.0. The first-order valence-electron chi connectivity index (χ1n) is 34.9. The molecular weight excluding hydrogens is 1570 g/mol. The Balaban J connectivity index is 0.000000166. The van der Waals surface area contributed by atoms with Crippen molar-refractivity contribution in [2.24, 2.45) is 10.3 Å². The zero-order chi connectivity index (χ0) is 85.3. The van der Waals surface area contributed by atoms with Crippen molar-refractivity contribution >= 4 is 112 Å². The van der Waals surface area contributed by atoms with Gasteiger partial charge in [-0.15, -0.1) is 9.24 Å². The van der Waals surface area contributed by atoms with Crippen LogP contribution in [0.25, 0.3) is 66.8 Å². The summed E-state index contributed by atoms with van der Waals surface area (Å²) in [7, 11) is 2.25. The summed E-state index contributed by atoms with van der Waals surface area (Å²) in [6.07, 6.45) is -3.36. The van der Waals surface area contributed by atoms with Crippen molar-refractivity contribution in [3.8, 4) is 45.0 Å². The average Bonchev–Trinajstić information content (AvgIpc) is 1.53. The summed E-state index contributed by atoms with van der Waals surface area (Å²) in [5.41, 5.74) is -9.76. The summed E-state index contributed by atoms with van der Waals surface area (Å²) < 4.78 is 25.6. The lowest BCUT2D eigenvalue weighted by Gasteiger charge is -2.36. The topological polar surface area (TPSA) is 595 Å². The molecule has 594 valence electrons. The molecule has 0 radical (unpaired) electrons. The van der Waals surface area contributed by atoms with Gasteiger partial charge >= 0.3 is 23.9 Å². The molecule has 10 aromatic rings. The van der Waals surface area contributed by atoms with Crippen LogP contribution in [0.2, 0.25) is 0 Å². The number of nitro groups is 8. The zero-order valence-corrected chi connectivity index (χ0v) is 61.6. The third kappa shape index (κ3) is 13.4. The Bertz CT molecular complexity index is 6280. The number of fused-ring (bicyclic) bond motifs is 16. The van der Waals surface area contributed by atoms with Gasteiger partial charge in [-0.3, -0.25) is 90.5 Å². The number of carbonyl (C=O) groups is 4. The summed E-state index contributed by atoms with van der Waals surface area (Å²) >= 11 is 0. The number of cyclic esters (lactones) is 2. The quantitative estimate of drug-likeness (QED) is 0.0281. The van der Waals surface area contributed by atoms with Gasteiger partial charge in [-0.05, 0) is 63.1 Å². The lowest BCUT2D eigenvalue weighted by atomic mass is 9.85. The number of carbonyl (C=O) groups excluding carboxylic acids is 3. The summed E-state index contributed by atoms with van der Waals surface area (Å²) in [5.74, 6) is -4.38. The molecule has 6 aromatic carbocycles. The Labute approximate surface area is 653 Å². The minimum absolute atomic E-state index is 0.0599. The van der Waals surface area contributed by atoms with Crippen LogP contribution in [-0.2, 0) is 80.6 Å². The number of carboxylic acid groups (broad SMARTS) is 1. The first-order valence-corrected chi connectivity index (χ1v) is 35.1. The molecule has 8 heterocycles. The number of pyridine rings is 4. The minimum Gasteiger partial charge on any atom is -0.478 e. The van der Waals surface area contributed by atoms with Crippen LogP contribution in [0.15, 0.2) is 141 Å². The van der Waals surface area contributed by atoms with Crippen molar-refractivity contribution < 1.29 is 94.0 Å². The van der Waals surface area contributed by atoms with E-state index in [9.17, 15) is 115 Å². The molecule has 4 aromatic heterocycles. The molecule has 2 N–H and O–H groups in total. The Morgan fingerprint density at radius 2 is 0.880 bits per heavy atom. The Morgan fingerprint density at radius 3 is 1.23 bits per heavy atom. The highest BCUT2D eigenvalue weighted by Crippen LogP contribution is 2.53. The smallest absolute Gasteiger partial charge is 0.355 e. The van der Waals surface area contributed by atoms with Crippen molar-refractivity contribution in [2.75, 3.05) is 6.64 Å². The number of ether oxygens (including phenoxy) is 3. The highest BCUT2D eigenvalue weighted by Gasteiger charge is 2.53. The molecule has 4 aliphatic heterocycles. The van der Waals surface area contributed by atoms with Crippen LogP contribution < -0.4 is 11.1 Å². The molecule has 5 atom stereocenters. The van der Waals surface area contributed by atoms with E-state index in [0.717, 1.165) is 71.2 Å². The maximum absolute atomic E-state index is 13.9. The molecule has 16 rings (SSSR count). The standard InChI is InChI=1S/C36H23N7O14.C20H16N2O4.C16H9N5O11.CH5P/c1-3-36(24-13-28-31-18(8-17-6-4-5-7-25(17)37-31)14-39(28)33(44)23(24)15-55-35(36)46)56-34(45)16(2)57-38-32-21-9-19(40(47)48)11-26(42(51)52)29(21)30-22(32)10-20(41(49)50)12-27(30)43(53)54;1-2-20(25)14-8-16-17-12(7-11-5-3-4-6-15(11)21-17)9-22(16)18(23)13(14)10-26-19(20)24;1-6(16(22)23)32-17-15-9-2-7(18(24)25)4-11(20(28)29)13(9)14-10(15)3-8(19(26)27)5-12(14)21(30)31;1-2/h4-13,16H,3,14-15H2,1-2H3;3-8,25H,2,9-10H2,1H3;2-6H,1H3,(H,22,23);2H2,1H3/t16-,36-;20-;6-;/m000./s1/i;;;1T. The molecular formula is C73H53N14O29P. The van der Waals surface area contributed by atoms with Gasteiger partial charge in [0.1, 0.15) is 24.6 Å². The van der Waals surface area contributed by atoms with Gasteiger partial charge in [0.2, 0.25) is 17.8 Å². The number of hydrogen-bond acceptors (Lipinski definition) is 32. The van der Waals surface area contributed by atoms with Gasteiger partial charge in [0.25, 0.3) is 56.6 Å². The number of oxime groups is 2. The van der Waals surface area contributed by atoms with Crippen molar-refractivity contribution in [3.63, 3.8) is 0 Å². The maximum atomic E-state index is 13.9. The number of esters is 3. The fourth-order valence-corrected chi connectivity index (χ4v) is 14.3. The van der Waals surface area contributed by atoms with Gasteiger partial charge in [0.05, 0.1) is 144 Å². The van der Waals surface area contributed by atoms with E-state index < -0.39 is 189 Å². The molecule has 6 aliphatic rings. The fourth-order valence-electron chi connectivity index (χ4n) is 14.3. The van der Waals surface area contributed by atoms with Crippen LogP contribution >= 0.6 is 9.24 Å². The lowest BCUT2D eigenvalue weighted by Crippen LogP contribution is -2.48. The Kier molecular flexibility index (Phi) is 20.2. The molecule has 0 spiro atoms. The summed E-state index contributed by atoms with van der Waals surface area (Å²) in [6.45, 7) is 5.94. The lowest BCUT2D eigenvalue weighted by molar-refractivity contribution is -0.395. The molecule has 1 unspecified atom stereocenters. The third-order valence-electron chi connectivity index (χ3n) is 19.9. The number of aromatic nitrogens is 4. The van der Waals surface area contributed by atoms with Crippen LogP contribution in [0.4, 0.5) is 45.5 Å². The monoisotopic (exact) mass is 1620 g/mol. The highest BCUT2D eigenvalue weighted by atomic mass is 31.0. The summed E-state index contributed by atoms with van der Waals surface area (Å²) in [4.78, 5) is 183. The van der Waals surface area contributed by atoms with Crippen LogP contribution in [0.3, 0.4) is 0 Å². The molecule has 0 saturated carbocycles. The Morgan fingerprint density at radius 1 is 0.530 bits per heavy atom. The second-order valence-corrected chi connectivity index (χ2v) is 26.3. The molecule has 2 aliphatic carbocycles. The second-order valence-electron chi connectivity index (χ2n) is 26.3. The molecule has 44 heteroatoms. The van der Waals surface area contributed by atoms with Crippen LogP contribution in [0.5, 0.6) is 0 Å². The number of rotatable bonds is 17. The van der Waals surface area contributed by atoms with Crippen molar-refractivity contribution in [1.29, 1.82) is 0 Å². The number of para-hydroxylation sites is 2. The maximum Gasteiger partial charge on any atom is 0.355 e. The zero-order valence-electron chi connectivity index (χ0n) is 61.4. The van der Waals surface area contributed by atoms with E-state index in [0.29, 0.717) is 71.2 Å². The van der Waals surface area contributed by atoms with E-state index in [1.807, 2.05) is 60.7 Å². The van der Waals surface area contributed by atoms with E-state index in [-0.39, 0.29) is 53.8 Å². The van der Waals surface area contributed by atoms with Gasteiger partial charge in [0.15, 0.2) is 5.60 Å². The highest BCUT2D eigenvalue weighted by molar-refractivity contribution is 7.15. The van der Waals surface area contributed by atoms with Crippen molar-refractivity contribution in [2.45, 2.75) is 90.2 Å². The third-order valence-corrected chi connectivity index (χ3v) is 19.9. The van der Waals surface area contributed by atoms with E-state index in [1.54, 1.807) is 23.6 Å². The SMILES string of the molecule is CC[C@@]1(O)C(=O)OCc2c1cc1n(c2=O)Cc2cc3ccccc3nc2-1.CC[C@@]1(OC(=O)[C@H](C)ON=C2c3cc([N+](=O)[O-])cc([N+](=O)[O-])c3-c3c2cc([N+](=O)[O-])cc3[N+](=O)[O-])C(=O)OCc2c1cc1n(c2=O)Cc2cc3ccccc3nc2-1.C[C@H](ON=C1c2cc([N+](=O)[O-])cc([N+](=O)[O-])c2-c2c1cc([N+](=O)[O-])cc2[N+](=O)[O-])C(=O)O.[3H]CP. The number of aliphatic hydroxyl groups is 1. The summed E-state index contributed by atoms with van der Waals surface area (Å²) in [6, 6.07) is 28.0. The van der Waals surface area contributed by atoms with Crippen molar-refractivity contribution in [3.05, 3.63) is 279 Å². The van der Waals surface area contributed by atoms with E-state index in [4.69, 9.17) is 40.3 Å². The van der Waals surface area contributed by atoms with Crippen LogP contribution in [0, 0.1) is 80.9 Å². The second kappa shape index (κ2) is 30.2. The van der Waals surface area contributed by atoms with Crippen molar-refractivity contribution in [1.82, 2.24) is 19.1 Å². The number of benzene rings is 6. The molecule has 0 bridgehead atoms. The van der Waals surface area contributed by atoms with Gasteiger partial charge in [-0.25, -0.2) is 29.1 Å². The van der Waals surface area contributed by atoms with Crippen LogP contribution in [0.1, 0.15) is 97.5 Å². The minimum atomic E-state index is -2.17. The summed E-state index contributed by atoms with van der Waals surface area (Å²) in [5, 5.41) is 123. The molecule has 43 nitrogen and oxygen atoms in total. The molecule has 0 fully saturated rings. The number of nitro benzene ring substituents is 8. The number of nitrogens with zero attached hydrogens (tertiary/aromatic N) is 14. The molecule has 0 saturated heterocycles. The fraction of sp³-hybridized carbons (Fsp3) is 0.205. The predicted octanol–water partition coefficient (Wildman–Crippen LogP) is 10.2. The first kappa shape index (κ1) is 78.1. The van der Waals surface area contributed by atoms with Gasteiger partial charge < -0.3 is 43.2 Å². The number of hydrogen-bond donors (Lipinski definition) is 2. The van der Waals surface area contributed by atoms with Gasteiger partial charge in [-0.1, -0.05) is 67.2 Å². The van der Waals surface area contributed by atoms with E-state index >= 15 is 0 Å². The van der Waals surface area contributed by atoms with Crippen LogP contribution in [-0.4, -0.2) is 123 Å². The van der Waals surface area contributed by atoms with E-state index in [1.165, 1.54) is 11.5 Å². The Hall–Kier alpha value is -15.6. The van der Waals surface area contributed by atoms with E-state index in [2.05, 4.69) is 19.6 Å². The van der Waals surface area contributed by atoms with Gasteiger partial charge in [-0.2, -0.15) is 0 Å². The van der Waals surface area contributed by atoms with Gasteiger partial charge in [0, 0.05) is 80.9 Å². The number of non-ortho nitro benzene ring substituents is 4. The largest absolute Gasteiger partial charge is 0.478 e.